The Morgan fingerprint density at radius 1 is 1.30 bits per heavy atom. The molecular weight excluding hydrogens is 254 g/mol. The van der Waals surface area contributed by atoms with Gasteiger partial charge in [-0.1, -0.05) is 12.8 Å². The molecule has 0 amide bonds. The van der Waals surface area contributed by atoms with E-state index < -0.39 is 5.54 Å². The molecule has 1 unspecified atom stereocenters. The van der Waals surface area contributed by atoms with Gasteiger partial charge < -0.3 is 9.47 Å². The van der Waals surface area contributed by atoms with E-state index in [9.17, 15) is 4.79 Å². The van der Waals surface area contributed by atoms with E-state index in [0.29, 0.717) is 19.1 Å². The molecule has 0 radical (unpaired) electrons. The predicted molar refractivity (Wildman–Crippen MR) is 78.5 cm³/mol. The molecule has 4 nitrogen and oxygen atoms in total. The molecular formula is C16H29NO3. The van der Waals surface area contributed by atoms with Gasteiger partial charge in [0.2, 0.25) is 0 Å². The first-order valence-electron chi connectivity index (χ1n) is 8.11. The zero-order valence-electron chi connectivity index (χ0n) is 13.1. The smallest absolute Gasteiger partial charge is 0.329 e. The molecule has 20 heavy (non-hydrogen) atoms. The SMILES string of the molecule is CCOC(=O)C(COCCC1CC1)(NC(C)C)C1CC1. The van der Waals surface area contributed by atoms with Crippen LogP contribution in [0.5, 0.6) is 0 Å². The highest BCUT2D eigenvalue weighted by atomic mass is 16.5. The van der Waals surface area contributed by atoms with Crippen LogP contribution in [0, 0.1) is 11.8 Å². The van der Waals surface area contributed by atoms with Crippen molar-refractivity contribution in [1.29, 1.82) is 0 Å². The maximum atomic E-state index is 12.5. The third kappa shape index (κ3) is 4.19. The first kappa shape index (κ1) is 15.8. The van der Waals surface area contributed by atoms with Gasteiger partial charge in [-0.3, -0.25) is 5.32 Å². The van der Waals surface area contributed by atoms with Gasteiger partial charge in [0.05, 0.1) is 13.2 Å². The second kappa shape index (κ2) is 6.90. The summed E-state index contributed by atoms with van der Waals surface area (Å²) in [6.07, 6.45) is 6.00. The number of esters is 1. The van der Waals surface area contributed by atoms with Gasteiger partial charge in [0.25, 0.3) is 0 Å². The predicted octanol–water partition coefficient (Wildman–Crippen LogP) is 2.51. The van der Waals surface area contributed by atoms with Crippen LogP contribution in [0.3, 0.4) is 0 Å². The minimum absolute atomic E-state index is 0.136. The van der Waals surface area contributed by atoms with E-state index >= 15 is 0 Å². The van der Waals surface area contributed by atoms with Crippen LogP contribution in [0.2, 0.25) is 0 Å². The number of carbonyl (C=O) groups is 1. The quantitative estimate of drug-likeness (QED) is 0.494. The van der Waals surface area contributed by atoms with Gasteiger partial charge in [0, 0.05) is 12.6 Å². The summed E-state index contributed by atoms with van der Waals surface area (Å²) in [5.74, 6) is 1.10. The van der Waals surface area contributed by atoms with Crippen molar-refractivity contribution in [3.8, 4) is 0 Å². The molecule has 2 saturated carbocycles. The van der Waals surface area contributed by atoms with Crippen molar-refractivity contribution < 1.29 is 14.3 Å². The lowest BCUT2D eigenvalue weighted by atomic mass is 9.93. The first-order chi connectivity index (χ1) is 9.58. The molecule has 0 spiro atoms. The van der Waals surface area contributed by atoms with Crippen molar-refractivity contribution in [1.82, 2.24) is 5.32 Å². The molecule has 1 N–H and O–H groups in total. The summed E-state index contributed by atoms with van der Waals surface area (Å²) in [5, 5.41) is 3.44. The van der Waals surface area contributed by atoms with E-state index in [4.69, 9.17) is 9.47 Å². The molecule has 2 fully saturated rings. The van der Waals surface area contributed by atoms with E-state index in [2.05, 4.69) is 19.2 Å². The molecule has 0 aliphatic heterocycles. The molecule has 0 aromatic carbocycles. The molecule has 2 aliphatic carbocycles. The van der Waals surface area contributed by atoms with Gasteiger partial charge in [-0.2, -0.15) is 0 Å². The fourth-order valence-corrected chi connectivity index (χ4v) is 2.80. The van der Waals surface area contributed by atoms with Crippen LogP contribution in [0.25, 0.3) is 0 Å². The summed E-state index contributed by atoms with van der Waals surface area (Å²) in [6, 6.07) is 0.243. The number of hydrogen-bond acceptors (Lipinski definition) is 4. The van der Waals surface area contributed by atoms with Crippen LogP contribution < -0.4 is 5.32 Å². The van der Waals surface area contributed by atoms with E-state index in [1.165, 1.54) is 12.8 Å². The summed E-state index contributed by atoms with van der Waals surface area (Å²) in [6.45, 7) is 7.63. The van der Waals surface area contributed by atoms with Gasteiger partial charge >= 0.3 is 5.97 Å². The van der Waals surface area contributed by atoms with Crippen LogP contribution in [-0.4, -0.2) is 37.4 Å². The summed E-state index contributed by atoms with van der Waals surface area (Å²) in [5.41, 5.74) is -0.631. The van der Waals surface area contributed by atoms with Gasteiger partial charge in [0.15, 0.2) is 0 Å². The van der Waals surface area contributed by atoms with Crippen molar-refractivity contribution in [2.75, 3.05) is 19.8 Å². The Balaban J connectivity index is 1.93. The molecule has 116 valence electrons. The first-order valence-corrected chi connectivity index (χ1v) is 8.11. The monoisotopic (exact) mass is 283 g/mol. The molecule has 0 aromatic rings. The van der Waals surface area contributed by atoms with E-state index in [-0.39, 0.29) is 12.0 Å². The number of rotatable bonds is 10. The number of hydrogen-bond donors (Lipinski definition) is 1. The van der Waals surface area contributed by atoms with Gasteiger partial charge in [0.1, 0.15) is 5.54 Å². The Kier molecular flexibility index (Phi) is 5.44. The Labute approximate surface area is 122 Å². The van der Waals surface area contributed by atoms with Crippen LogP contribution >= 0.6 is 0 Å². The third-order valence-corrected chi connectivity index (χ3v) is 4.16. The zero-order chi connectivity index (χ0) is 14.6. The Morgan fingerprint density at radius 2 is 2.00 bits per heavy atom. The average Bonchev–Trinajstić information content (AvgIpc) is 3.26. The topological polar surface area (TPSA) is 47.6 Å². The molecule has 4 heteroatoms. The molecule has 0 bridgehead atoms. The molecule has 0 saturated heterocycles. The van der Waals surface area contributed by atoms with Crippen LogP contribution in [0.4, 0.5) is 0 Å². The van der Waals surface area contributed by atoms with Crippen molar-refractivity contribution in [3.05, 3.63) is 0 Å². The summed E-state index contributed by atoms with van der Waals surface area (Å²) >= 11 is 0. The summed E-state index contributed by atoms with van der Waals surface area (Å²) in [4.78, 5) is 12.5. The molecule has 1 atom stereocenters. The van der Waals surface area contributed by atoms with Crippen LogP contribution in [0.1, 0.15) is 52.9 Å². The lowest BCUT2D eigenvalue weighted by Gasteiger charge is -2.34. The normalized spacial score (nSPS) is 21.8. The lowest BCUT2D eigenvalue weighted by Crippen LogP contribution is -2.60. The minimum atomic E-state index is -0.631. The number of ether oxygens (including phenoxy) is 2. The average molecular weight is 283 g/mol. The fourth-order valence-electron chi connectivity index (χ4n) is 2.80. The van der Waals surface area contributed by atoms with Gasteiger partial charge in [-0.25, -0.2) is 4.79 Å². The highest BCUT2D eigenvalue weighted by Gasteiger charge is 2.52. The fraction of sp³-hybridized carbons (Fsp3) is 0.938. The molecule has 0 aromatic heterocycles. The van der Waals surface area contributed by atoms with Crippen molar-refractivity contribution in [2.24, 2.45) is 11.8 Å². The maximum Gasteiger partial charge on any atom is 0.329 e. The minimum Gasteiger partial charge on any atom is -0.465 e. The molecule has 2 rings (SSSR count). The highest BCUT2D eigenvalue weighted by molar-refractivity contribution is 5.82. The molecule has 0 heterocycles. The van der Waals surface area contributed by atoms with E-state index in [1.54, 1.807) is 0 Å². The van der Waals surface area contributed by atoms with Crippen LogP contribution in [-0.2, 0) is 14.3 Å². The van der Waals surface area contributed by atoms with Gasteiger partial charge in [-0.05, 0) is 51.9 Å². The van der Waals surface area contributed by atoms with Crippen molar-refractivity contribution in [3.63, 3.8) is 0 Å². The molecule has 2 aliphatic rings. The Morgan fingerprint density at radius 3 is 2.50 bits per heavy atom. The van der Waals surface area contributed by atoms with Gasteiger partial charge in [-0.15, -0.1) is 0 Å². The standard InChI is InChI=1S/C16H29NO3/c1-4-20-15(18)16(14-7-8-14,17-12(2)3)11-19-10-9-13-5-6-13/h12-14,17H,4-11H2,1-3H3. The maximum absolute atomic E-state index is 12.5. The highest BCUT2D eigenvalue weighted by Crippen LogP contribution is 2.41. The Bertz CT molecular complexity index is 324. The zero-order valence-corrected chi connectivity index (χ0v) is 13.1. The van der Waals surface area contributed by atoms with Crippen LogP contribution in [0.15, 0.2) is 0 Å². The second-order valence-corrected chi connectivity index (χ2v) is 6.55. The number of carbonyl (C=O) groups excluding carboxylic acids is 1. The third-order valence-electron chi connectivity index (χ3n) is 4.16. The van der Waals surface area contributed by atoms with Crippen molar-refractivity contribution in [2.45, 2.75) is 64.5 Å². The largest absolute Gasteiger partial charge is 0.465 e. The van der Waals surface area contributed by atoms with Crippen molar-refractivity contribution >= 4 is 5.97 Å². The summed E-state index contributed by atoms with van der Waals surface area (Å²) < 4.78 is 11.2. The summed E-state index contributed by atoms with van der Waals surface area (Å²) in [7, 11) is 0. The second-order valence-electron chi connectivity index (χ2n) is 6.55. The number of nitrogens with one attached hydrogen (secondary N) is 1. The lowest BCUT2D eigenvalue weighted by molar-refractivity contribution is -0.156. The van der Waals surface area contributed by atoms with E-state index in [0.717, 1.165) is 31.8 Å². The Hall–Kier alpha value is -0.610. The van der Waals surface area contributed by atoms with E-state index in [1.807, 2.05) is 6.92 Å².